The van der Waals surface area contributed by atoms with Crippen molar-refractivity contribution < 1.29 is 4.79 Å². The standard InChI is InChI=1S/C18H21N5O2S/c1-3-13-11(2)20-16-7-14(21-23(16)17(13)24)12-5-4-6-22(8-12)18(25)15-9-26-10-19-15/h7,9-10,12,21H,3-6,8H2,1-2H3/t12-/m1/s1. The number of carbonyl (C=O) groups is 1. The molecule has 136 valence electrons. The number of rotatable bonds is 3. The van der Waals surface area contributed by atoms with Crippen LogP contribution in [-0.2, 0) is 6.42 Å². The first-order valence-electron chi connectivity index (χ1n) is 8.87. The molecule has 0 unspecified atom stereocenters. The lowest BCUT2D eigenvalue weighted by atomic mass is 9.94. The van der Waals surface area contributed by atoms with Crippen LogP contribution in [0.2, 0.25) is 0 Å². The molecule has 26 heavy (non-hydrogen) atoms. The lowest BCUT2D eigenvalue weighted by Gasteiger charge is -2.31. The van der Waals surface area contributed by atoms with Gasteiger partial charge in [0.25, 0.3) is 11.5 Å². The maximum atomic E-state index is 12.6. The molecule has 1 amide bonds. The van der Waals surface area contributed by atoms with Crippen molar-refractivity contribution in [1.82, 2.24) is 24.5 Å². The van der Waals surface area contributed by atoms with Gasteiger partial charge in [0.2, 0.25) is 0 Å². The maximum Gasteiger partial charge on any atom is 0.276 e. The fourth-order valence-corrected chi connectivity index (χ4v) is 4.23. The highest BCUT2D eigenvalue weighted by molar-refractivity contribution is 7.07. The summed E-state index contributed by atoms with van der Waals surface area (Å²) in [6.07, 6.45) is 2.56. The molecule has 3 aromatic heterocycles. The predicted molar refractivity (Wildman–Crippen MR) is 99.9 cm³/mol. The average molecular weight is 371 g/mol. The van der Waals surface area contributed by atoms with E-state index in [2.05, 4.69) is 15.1 Å². The summed E-state index contributed by atoms with van der Waals surface area (Å²) >= 11 is 1.43. The van der Waals surface area contributed by atoms with Crippen LogP contribution in [0.25, 0.3) is 5.65 Å². The summed E-state index contributed by atoms with van der Waals surface area (Å²) in [6.45, 7) is 5.20. The average Bonchev–Trinajstić information content (AvgIpc) is 3.31. The van der Waals surface area contributed by atoms with Gasteiger partial charge in [0.05, 0.1) is 5.51 Å². The largest absolute Gasteiger partial charge is 0.337 e. The Morgan fingerprint density at radius 2 is 2.31 bits per heavy atom. The van der Waals surface area contributed by atoms with Gasteiger partial charge in [0.15, 0.2) is 5.65 Å². The predicted octanol–water partition coefficient (Wildman–Crippen LogP) is 2.37. The van der Waals surface area contributed by atoms with Gasteiger partial charge in [-0.25, -0.2) is 14.5 Å². The molecular weight excluding hydrogens is 350 g/mol. The summed E-state index contributed by atoms with van der Waals surface area (Å²) in [5.74, 6) is 0.143. The first kappa shape index (κ1) is 17.0. The number of nitrogens with zero attached hydrogens (tertiary/aromatic N) is 4. The summed E-state index contributed by atoms with van der Waals surface area (Å²) in [6, 6.07) is 1.94. The van der Waals surface area contributed by atoms with Crippen molar-refractivity contribution in [3.8, 4) is 0 Å². The van der Waals surface area contributed by atoms with Crippen LogP contribution < -0.4 is 5.56 Å². The number of amides is 1. The van der Waals surface area contributed by atoms with E-state index >= 15 is 0 Å². The molecule has 0 saturated carbocycles. The Morgan fingerprint density at radius 1 is 1.46 bits per heavy atom. The zero-order valence-corrected chi connectivity index (χ0v) is 15.7. The highest BCUT2D eigenvalue weighted by atomic mass is 32.1. The topological polar surface area (TPSA) is 83.4 Å². The molecular formula is C18H21N5O2S. The van der Waals surface area contributed by atoms with Crippen molar-refractivity contribution in [2.24, 2.45) is 0 Å². The Labute approximate surface area is 154 Å². The van der Waals surface area contributed by atoms with E-state index in [0.29, 0.717) is 24.3 Å². The molecule has 1 atom stereocenters. The second kappa shape index (κ2) is 6.68. The molecule has 4 rings (SSSR count). The van der Waals surface area contributed by atoms with Crippen LogP contribution in [-0.4, -0.2) is 43.5 Å². The van der Waals surface area contributed by atoms with Gasteiger partial charge >= 0.3 is 0 Å². The minimum atomic E-state index is -0.0348. The van der Waals surface area contributed by atoms with Gasteiger partial charge in [-0.3, -0.25) is 14.7 Å². The summed E-state index contributed by atoms with van der Waals surface area (Å²) in [7, 11) is 0. The number of aryl methyl sites for hydroxylation is 1. The number of likely N-dealkylation sites (tertiary alicyclic amines) is 1. The fourth-order valence-electron chi connectivity index (χ4n) is 3.70. The van der Waals surface area contributed by atoms with Gasteiger partial charge in [-0.1, -0.05) is 6.92 Å². The number of H-pyrrole nitrogens is 1. The van der Waals surface area contributed by atoms with Crippen LogP contribution >= 0.6 is 11.3 Å². The molecule has 1 N–H and O–H groups in total. The molecule has 4 heterocycles. The molecule has 0 aromatic carbocycles. The van der Waals surface area contributed by atoms with E-state index in [9.17, 15) is 9.59 Å². The van der Waals surface area contributed by atoms with E-state index in [-0.39, 0.29) is 17.4 Å². The van der Waals surface area contributed by atoms with E-state index in [4.69, 9.17) is 0 Å². The van der Waals surface area contributed by atoms with Gasteiger partial charge in [-0.2, -0.15) is 0 Å². The Bertz CT molecular complexity index is 1000. The Morgan fingerprint density at radius 3 is 3.04 bits per heavy atom. The number of aromatic nitrogens is 4. The summed E-state index contributed by atoms with van der Waals surface area (Å²) < 4.78 is 1.53. The molecule has 1 aliphatic rings. The molecule has 1 aliphatic heterocycles. The van der Waals surface area contributed by atoms with Gasteiger partial charge in [-0.15, -0.1) is 11.3 Å². The third-order valence-electron chi connectivity index (χ3n) is 5.09. The number of piperidine rings is 1. The summed E-state index contributed by atoms with van der Waals surface area (Å²) in [5, 5.41) is 5.01. The number of carbonyl (C=O) groups excluding carboxylic acids is 1. The minimum Gasteiger partial charge on any atom is -0.337 e. The molecule has 0 radical (unpaired) electrons. The van der Waals surface area contributed by atoms with E-state index in [0.717, 1.165) is 36.3 Å². The van der Waals surface area contributed by atoms with Gasteiger partial charge in [0, 0.05) is 47.4 Å². The SMILES string of the molecule is CCc1c(C)nc2cc([C@@H]3CCCN(C(=O)c4cscn4)C3)[nH]n2c1=O. The lowest BCUT2D eigenvalue weighted by molar-refractivity contribution is 0.0700. The van der Waals surface area contributed by atoms with Crippen LogP contribution in [0.4, 0.5) is 0 Å². The first-order chi connectivity index (χ1) is 12.6. The molecule has 0 spiro atoms. The van der Waals surface area contributed by atoms with Gasteiger partial charge in [-0.05, 0) is 26.2 Å². The Hall–Kier alpha value is -2.48. The summed E-state index contributed by atoms with van der Waals surface area (Å²) in [4.78, 5) is 35.8. The quantitative estimate of drug-likeness (QED) is 0.766. The third-order valence-corrected chi connectivity index (χ3v) is 5.67. The second-order valence-corrected chi connectivity index (χ2v) is 7.42. The maximum absolute atomic E-state index is 12.6. The normalized spacial score (nSPS) is 17.8. The van der Waals surface area contributed by atoms with E-state index in [1.54, 1.807) is 10.9 Å². The number of hydrogen-bond donors (Lipinski definition) is 1. The molecule has 1 saturated heterocycles. The summed E-state index contributed by atoms with van der Waals surface area (Å²) in [5.41, 5.74) is 5.27. The van der Waals surface area contributed by atoms with E-state index < -0.39 is 0 Å². The van der Waals surface area contributed by atoms with Crippen LogP contribution in [0.15, 0.2) is 21.8 Å². The van der Waals surface area contributed by atoms with Crippen LogP contribution in [0.1, 0.15) is 53.1 Å². The molecule has 0 aliphatic carbocycles. The van der Waals surface area contributed by atoms with E-state index in [1.165, 1.54) is 15.9 Å². The molecule has 0 bridgehead atoms. The number of thiazole rings is 1. The monoisotopic (exact) mass is 371 g/mol. The minimum absolute atomic E-state index is 0.0218. The Kier molecular flexibility index (Phi) is 4.36. The van der Waals surface area contributed by atoms with Crippen molar-refractivity contribution in [3.05, 3.63) is 50.0 Å². The van der Waals surface area contributed by atoms with Gasteiger partial charge in [0.1, 0.15) is 5.69 Å². The van der Waals surface area contributed by atoms with Crippen LogP contribution in [0.3, 0.4) is 0 Å². The zero-order valence-electron chi connectivity index (χ0n) is 14.9. The Balaban J connectivity index is 1.64. The third kappa shape index (κ3) is 2.84. The molecule has 3 aromatic rings. The number of hydrogen-bond acceptors (Lipinski definition) is 5. The van der Waals surface area contributed by atoms with Crippen molar-refractivity contribution >= 4 is 22.9 Å². The smallest absolute Gasteiger partial charge is 0.276 e. The fraction of sp³-hybridized carbons (Fsp3) is 0.444. The van der Waals surface area contributed by atoms with Crippen LogP contribution in [0.5, 0.6) is 0 Å². The van der Waals surface area contributed by atoms with Crippen LogP contribution in [0, 0.1) is 6.92 Å². The lowest BCUT2D eigenvalue weighted by Crippen LogP contribution is -2.39. The van der Waals surface area contributed by atoms with Gasteiger partial charge < -0.3 is 4.90 Å². The first-order valence-corrected chi connectivity index (χ1v) is 9.81. The number of nitrogens with one attached hydrogen (secondary N) is 1. The highest BCUT2D eigenvalue weighted by Gasteiger charge is 2.27. The zero-order chi connectivity index (χ0) is 18.3. The molecule has 1 fully saturated rings. The van der Waals surface area contributed by atoms with Crippen molar-refractivity contribution in [2.75, 3.05) is 13.1 Å². The van der Waals surface area contributed by atoms with Crippen molar-refractivity contribution in [3.63, 3.8) is 0 Å². The van der Waals surface area contributed by atoms with Crippen molar-refractivity contribution in [2.45, 2.75) is 39.0 Å². The van der Waals surface area contributed by atoms with E-state index in [1.807, 2.05) is 24.8 Å². The number of aromatic amines is 1. The number of fused-ring (bicyclic) bond motifs is 1. The second-order valence-electron chi connectivity index (χ2n) is 6.70. The van der Waals surface area contributed by atoms with Crippen molar-refractivity contribution in [1.29, 1.82) is 0 Å². The highest BCUT2D eigenvalue weighted by Crippen LogP contribution is 2.27. The molecule has 7 nitrogen and oxygen atoms in total. The molecule has 8 heteroatoms.